The van der Waals surface area contributed by atoms with Crippen molar-refractivity contribution in [2.75, 3.05) is 32.7 Å². The molecule has 10 heteroatoms. The van der Waals surface area contributed by atoms with Gasteiger partial charge in [0, 0.05) is 44.9 Å². The molecule has 0 aliphatic carbocycles. The van der Waals surface area contributed by atoms with Crippen molar-refractivity contribution in [1.82, 2.24) is 20.9 Å². The van der Waals surface area contributed by atoms with E-state index >= 15 is 0 Å². The van der Waals surface area contributed by atoms with Gasteiger partial charge in [-0.05, 0) is 57.0 Å². The van der Waals surface area contributed by atoms with Gasteiger partial charge < -0.3 is 25.4 Å². The third-order valence-electron chi connectivity index (χ3n) is 5.57. The van der Waals surface area contributed by atoms with Gasteiger partial charge >= 0.3 is 6.09 Å². The van der Waals surface area contributed by atoms with Crippen molar-refractivity contribution in [2.24, 2.45) is 0 Å². The Hall–Kier alpha value is -3.63. The molecule has 2 aromatic carbocycles. The van der Waals surface area contributed by atoms with Crippen LogP contribution in [0.15, 0.2) is 67.0 Å². The monoisotopic (exact) mass is 527 g/mol. The lowest BCUT2D eigenvalue weighted by atomic mass is 10.2. The number of ether oxygens (including phenoxy) is 2. The first kappa shape index (κ1) is 30.6. The molecular formula is C28H41N5O5. The molecule has 1 unspecified atom stereocenters. The van der Waals surface area contributed by atoms with Crippen molar-refractivity contribution in [3.63, 3.8) is 0 Å². The smallest absolute Gasteiger partial charge is 0.407 e. The SMILES string of the molecule is C=C(NCCN(CCCNC(=O)OCc1ccc([N+](=O)[O-])cc1)CC(C)OC(C)C)NCc1ccccc1. The zero-order chi connectivity index (χ0) is 27.8. The van der Waals surface area contributed by atoms with E-state index in [1.165, 1.54) is 17.7 Å². The van der Waals surface area contributed by atoms with E-state index in [1.54, 1.807) is 12.1 Å². The second-order valence-corrected chi connectivity index (χ2v) is 9.32. The average Bonchev–Trinajstić information content (AvgIpc) is 2.89. The largest absolute Gasteiger partial charge is 0.445 e. The molecule has 0 bridgehead atoms. The first-order valence-electron chi connectivity index (χ1n) is 12.9. The van der Waals surface area contributed by atoms with Crippen LogP contribution in [0.3, 0.4) is 0 Å². The molecule has 0 aliphatic rings. The van der Waals surface area contributed by atoms with Crippen LogP contribution in [0, 0.1) is 10.1 Å². The number of rotatable bonds is 18. The standard InChI is InChI=1S/C28H41N5O5/c1-22(2)38-23(3)20-32(18-16-29-24(4)31-19-25-9-6-5-7-10-25)17-8-15-30-28(34)37-21-26-11-13-27(14-12-26)33(35)36/h5-7,9-14,22-23,29,31H,4,8,15-21H2,1-3H3,(H,30,34). The predicted octanol–water partition coefficient (Wildman–Crippen LogP) is 4.18. The molecule has 0 radical (unpaired) electrons. The van der Waals surface area contributed by atoms with Crippen LogP contribution >= 0.6 is 0 Å². The van der Waals surface area contributed by atoms with Crippen LogP contribution in [0.4, 0.5) is 10.5 Å². The van der Waals surface area contributed by atoms with Gasteiger partial charge in [0.2, 0.25) is 0 Å². The van der Waals surface area contributed by atoms with Crippen molar-refractivity contribution < 1.29 is 19.2 Å². The predicted molar refractivity (Wildman–Crippen MR) is 148 cm³/mol. The number of alkyl carbamates (subject to hydrolysis) is 1. The summed E-state index contributed by atoms with van der Waals surface area (Å²) >= 11 is 0. The van der Waals surface area contributed by atoms with Crippen LogP contribution in [0.25, 0.3) is 0 Å². The van der Waals surface area contributed by atoms with Crippen molar-refractivity contribution in [3.8, 4) is 0 Å². The Bertz CT molecular complexity index is 985. The maximum Gasteiger partial charge on any atom is 0.407 e. The molecule has 0 saturated heterocycles. The van der Waals surface area contributed by atoms with E-state index in [4.69, 9.17) is 9.47 Å². The van der Waals surface area contributed by atoms with Crippen molar-refractivity contribution in [1.29, 1.82) is 0 Å². The minimum absolute atomic E-state index is 0.00108. The summed E-state index contributed by atoms with van der Waals surface area (Å²) < 4.78 is 11.1. The molecule has 2 aromatic rings. The fraction of sp³-hybridized carbons (Fsp3) is 0.464. The molecule has 0 saturated carbocycles. The average molecular weight is 528 g/mol. The number of carbonyl (C=O) groups excluding carboxylic acids is 1. The van der Waals surface area contributed by atoms with Gasteiger partial charge in [0.25, 0.3) is 5.69 Å². The van der Waals surface area contributed by atoms with Crippen LogP contribution in [-0.2, 0) is 22.6 Å². The lowest BCUT2D eigenvalue weighted by molar-refractivity contribution is -0.384. The van der Waals surface area contributed by atoms with Crippen molar-refractivity contribution in [2.45, 2.75) is 52.6 Å². The van der Waals surface area contributed by atoms with Gasteiger partial charge in [-0.2, -0.15) is 0 Å². The Morgan fingerprint density at radius 2 is 1.68 bits per heavy atom. The molecule has 2 rings (SSSR count). The number of non-ortho nitro benzene ring substituents is 1. The molecule has 0 heterocycles. The van der Waals surface area contributed by atoms with Gasteiger partial charge in [-0.15, -0.1) is 0 Å². The Kier molecular flexibility index (Phi) is 13.7. The van der Waals surface area contributed by atoms with Gasteiger partial charge in [-0.1, -0.05) is 36.9 Å². The summed E-state index contributed by atoms with van der Waals surface area (Å²) in [5, 5.41) is 20.1. The highest BCUT2D eigenvalue weighted by Gasteiger charge is 2.13. The van der Waals surface area contributed by atoms with Crippen molar-refractivity contribution in [3.05, 3.63) is 88.2 Å². The minimum atomic E-state index is -0.520. The highest BCUT2D eigenvalue weighted by Crippen LogP contribution is 2.12. The molecule has 208 valence electrons. The van der Waals surface area contributed by atoms with Gasteiger partial charge in [0.05, 0.1) is 23.0 Å². The first-order chi connectivity index (χ1) is 18.2. The van der Waals surface area contributed by atoms with E-state index in [2.05, 4.69) is 46.5 Å². The van der Waals surface area contributed by atoms with Crippen LogP contribution in [-0.4, -0.2) is 60.8 Å². The summed E-state index contributed by atoms with van der Waals surface area (Å²) in [6, 6.07) is 16.1. The lowest BCUT2D eigenvalue weighted by Crippen LogP contribution is -2.40. The van der Waals surface area contributed by atoms with E-state index in [9.17, 15) is 14.9 Å². The number of hydrogen-bond donors (Lipinski definition) is 3. The Labute approximate surface area is 225 Å². The number of nitro benzene ring substituents is 1. The summed E-state index contributed by atoms with van der Waals surface area (Å²) in [6.07, 6.45) is 0.454. The topological polar surface area (TPSA) is 118 Å². The Morgan fingerprint density at radius 3 is 2.34 bits per heavy atom. The van der Waals surface area contributed by atoms with E-state index in [1.807, 2.05) is 32.0 Å². The Balaban J connectivity index is 1.69. The molecule has 0 aromatic heterocycles. The second-order valence-electron chi connectivity index (χ2n) is 9.32. The number of nitrogens with one attached hydrogen (secondary N) is 3. The molecule has 0 aliphatic heterocycles. The third kappa shape index (κ3) is 13.1. The van der Waals surface area contributed by atoms with Crippen LogP contribution in [0.1, 0.15) is 38.3 Å². The summed E-state index contributed by atoms with van der Waals surface area (Å²) in [4.78, 5) is 24.6. The van der Waals surface area contributed by atoms with Gasteiger partial charge in [0.15, 0.2) is 0 Å². The zero-order valence-electron chi connectivity index (χ0n) is 22.7. The quantitative estimate of drug-likeness (QED) is 0.150. The fourth-order valence-corrected chi connectivity index (χ4v) is 3.80. The highest BCUT2D eigenvalue weighted by molar-refractivity contribution is 5.67. The van der Waals surface area contributed by atoms with E-state index in [0.29, 0.717) is 18.7 Å². The van der Waals surface area contributed by atoms with Crippen LogP contribution < -0.4 is 16.0 Å². The molecule has 1 amide bonds. The minimum Gasteiger partial charge on any atom is -0.445 e. The maximum atomic E-state index is 12.0. The molecule has 10 nitrogen and oxygen atoms in total. The summed E-state index contributed by atoms with van der Waals surface area (Å²) in [5.41, 5.74) is 1.87. The van der Waals surface area contributed by atoms with Crippen molar-refractivity contribution >= 4 is 11.8 Å². The van der Waals surface area contributed by atoms with E-state index in [-0.39, 0.29) is 24.5 Å². The first-order valence-corrected chi connectivity index (χ1v) is 12.9. The molecule has 0 fully saturated rings. The molecule has 0 spiro atoms. The number of nitro groups is 1. The summed E-state index contributed by atoms with van der Waals surface area (Å²) in [5.74, 6) is 0.776. The van der Waals surface area contributed by atoms with Crippen LogP contribution in [0.2, 0.25) is 0 Å². The highest BCUT2D eigenvalue weighted by atomic mass is 16.6. The molecule has 1 atom stereocenters. The second kappa shape index (κ2) is 17.0. The lowest BCUT2D eigenvalue weighted by Gasteiger charge is -2.27. The van der Waals surface area contributed by atoms with Gasteiger partial charge in [-0.3, -0.25) is 15.0 Å². The van der Waals surface area contributed by atoms with E-state index < -0.39 is 11.0 Å². The van der Waals surface area contributed by atoms with E-state index in [0.717, 1.165) is 38.4 Å². The number of hydrogen-bond acceptors (Lipinski definition) is 8. The normalized spacial score (nSPS) is 11.7. The maximum absolute atomic E-state index is 12.0. The van der Waals surface area contributed by atoms with Crippen LogP contribution in [0.5, 0.6) is 0 Å². The third-order valence-corrected chi connectivity index (χ3v) is 5.57. The Morgan fingerprint density at radius 1 is 0.974 bits per heavy atom. The fourth-order valence-electron chi connectivity index (χ4n) is 3.80. The number of carbonyl (C=O) groups is 1. The summed E-state index contributed by atoms with van der Waals surface area (Å²) in [6.45, 7) is 14.5. The van der Waals surface area contributed by atoms with Gasteiger partial charge in [-0.25, -0.2) is 4.79 Å². The van der Waals surface area contributed by atoms with Gasteiger partial charge in [0.1, 0.15) is 6.61 Å². The molecule has 38 heavy (non-hydrogen) atoms. The summed E-state index contributed by atoms with van der Waals surface area (Å²) in [7, 11) is 0. The molecule has 3 N–H and O–H groups in total. The number of nitrogens with zero attached hydrogens (tertiary/aromatic N) is 2. The number of benzene rings is 2. The molecular weight excluding hydrogens is 486 g/mol. The zero-order valence-corrected chi connectivity index (χ0v) is 22.7. The number of amides is 1.